The third-order valence-electron chi connectivity index (χ3n) is 3.53. The number of hydrogen-bond acceptors (Lipinski definition) is 3. The Bertz CT molecular complexity index is 799. The summed E-state index contributed by atoms with van der Waals surface area (Å²) in [5, 5.41) is 2.78. The Morgan fingerprint density at radius 3 is 2.46 bits per heavy atom. The second kappa shape index (κ2) is 7.97. The molecule has 6 heteroatoms. The van der Waals surface area contributed by atoms with Gasteiger partial charge in [-0.05, 0) is 43.7 Å². The molecule has 2 aromatic rings. The minimum Gasteiger partial charge on any atom is -0.352 e. The predicted octanol–water partition coefficient (Wildman–Crippen LogP) is 3.33. The van der Waals surface area contributed by atoms with Crippen molar-refractivity contribution in [2.24, 2.45) is 0 Å². The van der Waals surface area contributed by atoms with Crippen LogP contribution in [-0.2, 0) is 10.0 Å². The molecule has 0 bridgehead atoms. The zero-order valence-electron chi connectivity index (χ0n) is 13.9. The number of carbonyl (C=O) groups is 1. The first kappa shape index (κ1) is 18.0. The van der Waals surface area contributed by atoms with Gasteiger partial charge in [-0.3, -0.25) is 9.52 Å². The smallest absolute Gasteiger partial charge is 0.261 e. The van der Waals surface area contributed by atoms with Crippen LogP contribution in [0.1, 0.15) is 35.7 Å². The number of benzene rings is 2. The molecule has 0 unspecified atom stereocenters. The molecule has 0 aliphatic heterocycles. The van der Waals surface area contributed by atoms with Gasteiger partial charge in [0, 0.05) is 17.8 Å². The van der Waals surface area contributed by atoms with E-state index in [0.717, 1.165) is 18.4 Å². The van der Waals surface area contributed by atoms with Gasteiger partial charge in [-0.2, -0.15) is 0 Å². The molecule has 0 aliphatic carbocycles. The molecule has 0 radical (unpaired) electrons. The summed E-state index contributed by atoms with van der Waals surface area (Å²) < 4.78 is 27.5. The van der Waals surface area contributed by atoms with Gasteiger partial charge in [0.05, 0.1) is 4.90 Å². The maximum atomic E-state index is 12.5. The lowest BCUT2D eigenvalue weighted by atomic mass is 10.2. The summed E-state index contributed by atoms with van der Waals surface area (Å²) in [7, 11) is -3.74. The Labute approximate surface area is 143 Å². The molecule has 0 spiro atoms. The highest BCUT2D eigenvalue weighted by Gasteiger charge is 2.16. The number of amides is 1. The summed E-state index contributed by atoms with van der Waals surface area (Å²) in [6.07, 6.45) is 1.87. The van der Waals surface area contributed by atoms with Gasteiger partial charge in [-0.1, -0.05) is 37.1 Å². The summed E-state index contributed by atoms with van der Waals surface area (Å²) in [6, 6.07) is 13.1. The van der Waals surface area contributed by atoms with Crippen LogP contribution in [0.15, 0.2) is 53.4 Å². The van der Waals surface area contributed by atoms with E-state index in [1.807, 2.05) is 26.0 Å². The van der Waals surface area contributed by atoms with Crippen molar-refractivity contribution in [2.45, 2.75) is 31.6 Å². The SMILES string of the molecule is CCCCNC(=O)c1cccc(S(=O)(=O)Nc2ccc(C)cc2)c1. The van der Waals surface area contributed by atoms with Crippen LogP contribution in [0.5, 0.6) is 0 Å². The molecular formula is C18H22N2O3S. The van der Waals surface area contributed by atoms with E-state index in [4.69, 9.17) is 0 Å². The summed E-state index contributed by atoms with van der Waals surface area (Å²) >= 11 is 0. The first-order chi connectivity index (χ1) is 11.4. The molecule has 128 valence electrons. The van der Waals surface area contributed by atoms with E-state index < -0.39 is 10.0 Å². The fourth-order valence-electron chi connectivity index (χ4n) is 2.12. The third-order valence-corrected chi connectivity index (χ3v) is 4.91. The van der Waals surface area contributed by atoms with Crippen molar-refractivity contribution >= 4 is 21.6 Å². The molecule has 0 atom stereocenters. The van der Waals surface area contributed by atoms with Crippen molar-refractivity contribution < 1.29 is 13.2 Å². The fraction of sp³-hybridized carbons (Fsp3) is 0.278. The van der Waals surface area contributed by atoms with E-state index in [1.54, 1.807) is 24.3 Å². The van der Waals surface area contributed by atoms with Crippen molar-refractivity contribution in [3.8, 4) is 0 Å². The minimum absolute atomic E-state index is 0.0613. The number of aryl methyl sites for hydroxylation is 1. The molecule has 0 saturated carbocycles. The number of rotatable bonds is 7. The van der Waals surface area contributed by atoms with Gasteiger partial charge in [-0.25, -0.2) is 8.42 Å². The number of nitrogens with one attached hydrogen (secondary N) is 2. The molecule has 1 amide bonds. The van der Waals surface area contributed by atoms with E-state index >= 15 is 0 Å². The maximum Gasteiger partial charge on any atom is 0.261 e. The largest absolute Gasteiger partial charge is 0.352 e. The van der Waals surface area contributed by atoms with E-state index in [-0.39, 0.29) is 10.8 Å². The van der Waals surface area contributed by atoms with E-state index in [9.17, 15) is 13.2 Å². The van der Waals surface area contributed by atoms with Crippen LogP contribution < -0.4 is 10.0 Å². The van der Waals surface area contributed by atoms with Crippen molar-refractivity contribution in [1.29, 1.82) is 0 Å². The molecule has 0 fully saturated rings. The summed E-state index contributed by atoms with van der Waals surface area (Å²) in [5.41, 5.74) is 1.86. The van der Waals surface area contributed by atoms with Gasteiger partial charge in [0.25, 0.3) is 15.9 Å². The van der Waals surface area contributed by atoms with Crippen LogP contribution in [0.25, 0.3) is 0 Å². The average Bonchev–Trinajstić information content (AvgIpc) is 2.57. The van der Waals surface area contributed by atoms with Gasteiger partial charge >= 0.3 is 0 Å². The van der Waals surface area contributed by atoms with Gasteiger partial charge in [0.2, 0.25) is 0 Å². The zero-order chi connectivity index (χ0) is 17.6. The first-order valence-electron chi connectivity index (χ1n) is 7.90. The Morgan fingerprint density at radius 2 is 1.79 bits per heavy atom. The lowest BCUT2D eigenvalue weighted by Crippen LogP contribution is -2.24. The van der Waals surface area contributed by atoms with Crippen LogP contribution in [0, 0.1) is 6.92 Å². The Balaban J connectivity index is 2.17. The molecule has 0 aliphatic rings. The minimum atomic E-state index is -3.74. The number of hydrogen-bond donors (Lipinski definition) is 2. The standard InChI is InChI=1S/C18H22N2O3S/c1-3-4-12-19-18(21)15-6-5-7-17(13-15)24(22,23)20-16-10-8-14(2)9-11-16/h5-11,13,20H,3-4,12H2,1-2H3,(H,19,21). The highest BCUT2D eigenvalue weighted by molar-refractivity contribution is 7.92. The van der Waals surface area contributed by atoms with Gasteiger partial charge in [0.15, 0.2) is 0 Å². The van der Waals surface area contributed by atoms with Gasteiger partial charge < -0.3 is 5.32 Å². The van der Waals surface area contributed by atoms with Crippen molar-refractivity contribution in [3.63, 3.8) is 0 Å². The Morgan fingerprint density at radius 1 is 1.08 bits per heavy atom. The summed E-state index contributed by atoms with van der Waals surface area (Å²) in [6.45, 7) is 4.54. The van der Waals surface area contributed by atoms with E-state index in [2.05, 4.69) is 10.0 Å². The second-order valence-corrected chi connectivity index (χ2v) is 7.29. The second-order valence-electron chi connectivity index (χ2n) is 5.61. The van der Waals surface area contributed by atoms with E-state index in [1.165, 1.54) is 12.1 Å². The molecule has 2 rings (SSSR count). The summed E-state index contributed by atoms with van der Waals surface area (Å²) in [4.78, 5) is 12.1. The predicted molar refractivity (Wildman–Crippen MR) is 95.7 cm³/mol. The lowest BCUT2D eigenvalue weighted by Gasteiger charge is -2.10. The number of sulfonamides is 1. The highest BCUT2D eigenvalue weighted by atomic mass is 32.2. The van der Waals surface area contributed by atoms with Crippen LogP contribution in [0.2, 0.25) is 0 Å². The first-order valence-corrected chi connectivity index (χ1v) is 9.38. The molecule has 0 aromatic heterocycles. The quantitative estimate of drug-likeness (QED) is 0.755. The topological polar surface area (TPSA) is 75.3 Å². The highest BCUT2D eigenvalue weighted by Crippen LogP contribution is 2.17. The van der Waals surface area contributed by atoms with Crippen molar-refractivity contribution in [1.82, 2.24) is 5.32 Å². The number of anilines is 1. The zero-order valence-corrected chi connectivity index (χ0v) is 14.7. The van der Waals surface area contributed by atoms with Gasteiger partial charge in [-0.15, -0.1) is 0 Å². The van der Waals surface area contributed by atoms with Crippen LogP contribution in [-0.4, -0.2) is 20.9 Å². The lowest BCUT2D eigenvalue weighted by molar-refractivity contribution is 0.0953. The summed E-state index contributed by atoms with van der Waals surface area (Å²) in [5.74, 6) is -0.268. The van der Waals surface area contributed by atoms with Crippen LogP contribution in [0.4, 0.5) is 5.69 Å². The molecule has 0 heterocycles. The van der Waals surface area contributed by atoms with Crippen LogP contribution >= 0.6 is 0 Å². The van der Waals surface area contributed by atoms with Crippen LogP contribution in [0.3, 0.4) is 0 Å². The molecule has 24 heavy (non-hydrogen) atoms. The molecule has 5 nitrogen and oxygen atoms in total. The number of unbranched alkanes of at least 4 members (excludes halogenated alkanes) is 1. The Kier molecular flexibility index (Phi) is 5.98. The fourth-order valence-corrected chi connectivity index (χ4v) is 3.23. The third kappa shape index (κ3) is 4.83. The molecule has 2 aromatic carbocycles. The van der Waals surface area contributed by atoms with Gasteiger partial charge in [0.1, 0.15) is 0 Å². The molecule has 2 N–H and O–H groups in total. The van der Waals surface area contributed by atoms with E-state index in [0.29, 0.717) is 17.8 Å². The normalized spacial score (nSPS) is 11.1. The van der Waals surface area contributed by atoms with Crippen molar-refractivity contribution in [3.05, 3.63) is 59.7 Å². The van der Waals surface area contributed by atoms with Crippen molar-refractivity contribution in [2.75, 3.05) is 11.3 Å². The maximum absolute atomic E-state index is 12.5. The average molecular weight is 346 g/mol. The molecule has 0 saturated heterocycles. The number of carbonyl (C=O) groups excluding carboxylic acids is 1. The Hall–Kier alpha value is -2.34. The molecular weight excluding hydrogens is 324 g/mol. The monoisotopic (exact) mass is 346 g/mol.